The normalized spacial score (nSPS) is 14.2. The molecule has 2 heterocycles. The number of hydrogen-bond donors (Lipinski definition) is 1. The molecule has 0 bridgehead atoms. The number of thiazole rings is 1. The minimum Gasteiger partial charge on any atom is -0.495 e. The molecule has 0 aliphatic carbocycles. The van der Waals surface area contributed by atoms with Crippen molar-refractivity contribution in [3.05, 3.63) is 51.8 Å². The van der Waals surface area contributed by atoms with E-state index in [1.54, 1.807) is 18.4 Å². The average Bonchev–Trinajstić information content (AvgIpc) is 3.17. The molecular weight excluding hydrogens is 413 g/mol. The molecule has 0 radical (unpaired) electrons. The number of aromatic nitrogens is 1. The van der Waals surface area contributed by atoms with Gasteiger partial charge >= 0.3 is 0 Å². The van der Waals surface area contributed by atoms with Crippen LogP contribution in [-0.2, 0) is 0 Å². The van der Waals surface area contributed by atoms with E-state index in [-0.39, 0.29) is 0 Å². The molecule has 0 spiro atoms. The SMILES string of the molecule is COc1ccc(Nc2nc(-c3ccc(Cl)c(N4CCCCC4)c3)cs2)cc1Cl. The summed E-state index contributed by atoms with van der Waals surface area (Å²) >= 11 is 14.2. The van der Waals surface area contributed by atoms with Gasteiger partial charge in [0.15, 0.2) is 5.13 Å². The van der Waals surface area contributed by atoms with Gasteiger partial charge < -0.3 is 15.0 Å². The molecule has 146 valence electrons. The molecule has 0 atom stereocenters. The van der Waals surface area contributed by atoms with Gasteiger partial charge in [-0.15, -0.1) is 11.3 Å². The van der Waals surface area contributed by atoms with Crippen LogP contribution in [0.3, 0.4) is 0 Å². The number of halogens is 2. The number of benzene rings is 2. The van der Waals surface area contributed by atoms with E-state index in [0.717, 1.165) is 45.9 Å². The van der Waals surface area contributed by atoms with Crippen molar-refractivity contribution in [2.24, 2.45) is 0 Å². The van der Waals surface area contributed by atoms with Crippen LogP contribution in [0, 0.1) is 0 Å². The highest BCUT2D eigenvalue weighted by molar-refractivity contribution is 7.14. The van der Waals surface area contributed by atoms with E-state index >= 15 is 0 Å². The molecule has 1 aliphatic rings. The number of ether oxygens (including phenoxy) is 1. The molecule has 0 unspecified atom stereocenters. The first-order chi connectivity index (χ1) is 13.6. The van der Waals surface area contributed by atoms with E-state index in [1.165, 1.54) is 19.3 Å². The van der Waals surface area contributed by atoms with Crippen LogP contribution in [0.25, 0.3) is 11.3 Å². The molecule has 1 aromatic heterocycles. The van der Waals surface area contributed by atoms with Gasteiger partial charge in [0, 0.05) is 29.7 Å². The second kappa shape index (κ2) is 8.60. The predicted molar refractivity (Wildman–Crippen MR) is 120 cm³/mol. The number of hydrogen-bond acceptors (Lipinski definition) is 5. The quantitative estimate of drug-likeness (QED) is 0.476. The van der Waals surface area contributed by atoms with Gasteiger partial charge in [0.05, 0.1) is 28.5 Å². The smallest absolute Gasteiger partial charge is 0.187 e. The second-order valence-electron chi connectivity index (χ2n) is 6.73. The molecule has 2 aromatic carbocycles. The van der Waals surface area contributed by atoms with E-state index in [1.807, 2.05) is 30.3 Å². The Kier molecular flexibility index (Phi) is 5.95. The number of nitrogens with one attached hydrogen (secondary N) is 1. The molecule has 4 nitrogen and oxygen atoms in total. The highest BCUT2D eigenvalue weighted by Gasteiger charge is 2.16. The lowest BCUT2D eigenvalue weighted by atomic mass is 10.1. The average molecular weight is 434 g/mol. The van der Waals surface area contributed by atoms with Crippen molar-refractivity contribution in [1.82, 2.24) is 4.98 Å². The molecule has 1 N–H and O–H groups in total. The van der Waals surface area contributed by atoms with Crippen LogP contribution in [0.2, 0.25) is 10.0 Å². The summed E-state index contributed by atoms with van der Waals surface area (Å²) in [6.45, 7) is 2.12. The Labute approximate surface area is 179 Å². The predicted octanol–water partition coefficient (Wildman–Crippen LogP) is 6.86. The minimum absolute atomic E-state index is 0.563. The molecule has 28 heavy (non-hydrogen) atoms. The third-order valence-electron chi connectivity index (χ3n) is 4.85. The molecule has 0 amide bonds. The summed E-state index contributed by atoms with van der Waals surface area (Å²) in [5, 5.41) is 7.53. The fraction of sp³-hybridized carbons (Fsp3) is 0.286. The third kappa shape index (κ3) is 4.22. The summed E-state index contributed by atoms with van der Waals surface area (Å²) in [6, 6.07) is 11.7. The van der Waals surface area contributed by atoms with Crippen LogP contribution < -0.4 is 15.0 Å². The lowest BCUT2D eigenvalue weighted by molar-refractivity contribution is 0.415. The zero-order chi connectivity index (χ0) is 19.5. The Balaban J connectivity index is 1.55. The Hall–Kier alpha value is -1.95. The first-order valence-corrected chi connectivity index (χ1v) is 10.9. The number of anilines is 3. The van der Waals surface area contributed by atoms with Crippen molar-refractivity contribution in [2.45, 2.75) is 19.3 Å². The van der Waals surface area contributed by atoms with Gasteiger partial charge in [-0.25, -0.2) is 4.98 Å². The fourth-order valence-electron chi connectivity index (χ4n) is 3.38. The van der Waals surface area contributed by atoms with E-state index in [0.29, 0.717) is 10.8 Å². The van der Waals surface area contributed by atoms with Crippen molar-refractivity contribution in [2.75, 3.05) is 30.4 Å². The molecule has 4 rings (SSSR count). The van der Waals surface area contributed by atoms with Crippen molar-refractivity contribution < 1.29 is 4.74 Å². The van der Waals surface area contributed by atoms with Gasteiger partial charge in [0.2, 0.25) is 0 Å². The molecular formula is C21H21Cl2N3OS. The van der Waals surface area contributed by atoms with Crippen LogP contribution in [0.15, 0.2) is 41.8 Å². The number of rotatable bonds is 5. The van der Waals surface area contributed by atoms with Crippen LogP contribution in [-0.4, -0.2) is 25.2 Å². The molecule has 0 saturated carbocycles. The molecule has 7 heteroatoms. The van der Waals surface area contributed by atoms with Gasteiger partial charge in [-0.05, 0) is 49.6 Å². The topological polar surface area (TPSA) is 37.4 Å². The van der Waals surface area contributed by atoms with Gasteiger partial charge in [-0.3, -0.25) is 0 Å². The summed E-state index contributed by atoms with van der Waals surface area (Å²) < 4.78 is 5.20. The van der Waals surface area contributed by atoms with Crippen LogP contribution in [0.5, 0.6) is 5.75 Å². The lowest BCUT2D eigenvalue weighted by Gasteiger charge is -2.29. The van der Waals surface area contributed by atoms with E-state index in [4.69, 9.17) is 32.9 Å². The minimum atomic E-state index is 0.563. The Morgan fingerprint density at radius 3 is 2.61 bits per heavy atom. The van der Waals surface area contributed by atoms with E-state index < -0.39 is 0 Å². The summed E-state index contributed by atoms with van der Waals surface area (Å²) in [5.74, 6) is 0.651. The third-order valence-corrected chi connectivity index (χ3v) is 6.22. The Morgan fingerprint density at radius 1 is 1.04 bits per heavy atom. The van der Waals surface area contributed by atoms with Gasteiger partial charge in [0.25, 0.3) is 0 Å². The largest absolute Gasteiger partial charge is 0.495 e. The van der Waals surface area contributed by atoms with Gasteiger partial charge in [0.1, 0.15) is 5.75 Å². The van der Waals surface area contributed by atoms with Crippen molar-refractivity contribution >= 4 is 51.0 Å². The molecule has 1 aliphatic heterocycles. The van der Waals surface area contributed by atoms with Gasteiger partial charge in [-0.2, -0.15) is 0 Å². The Bertz CT molecular complexity index is 970. The number of piperidine rings is 1. The number of nitrogens with zero attached hydrogens (tertiary/aromatic N) is 2. The molecule has 3 aromatic rings. The maximum atomic E-state index is 6.47. The zero-order valence-corrected chi connectivity index (χ0v) is 17.9. The lowest BCUT2D eigenvalue weighted by Crippen LogP contribution is -2.29. The molecule has 1 saturated heterocycles. The highest BCUT2D eigenvalue weighted by atomic mass is 35.5. The second-order valence-corrected chi connectivity index (χ2v) is 8.40. The monoisotopic (exact) mass is 433 g/mol. The number of methoxy groups -OCH3 is 1. The first kappa shape index (κ1) is 19.4. The maximum Gasteiger partial charge on any atom is 0.187 e. The molecule has 1 fully saturated rings. The van der Waals surface area contributed by atoms with Crippen LogP contribution >= 0.6 is 34.5 Å². The zero-order valence-electron chi connectivity index (χ0n) is 15.5. The van der Waals surface area contributed by atoms with Crippen LogP contribution in [0.4, 0.5) is 16.5 Å². The summed E-state index contributed by atoms with van der Waals surface area (Å²) in [5.41, 5.74) is 3.98. The van der Waals surface area contributed by atoms with Gasteiger partial charge in [-0.1, -0.05) is 29.3 Å². The summed E-state index contributed by atoms with van der Waals surface area (Å²) in [7, 11) is 1.60. The fourth-order valence-corrected chi connectivity index (χ4v) is 4.62. The van der Waals surface area contributed by atoms with E-state index in [9.17, 15) is 0 Å². The van der Waals surface area contributed by atoms with E-state index in [2.05, 4.69) is 21.7 Å². The van der Waals surface area contributed by atoms with Crippen molar-refractivity contribution in [3.63, 3.8) is 0 Å². The highest BCUT2D eigenvalue weighted by Crippen LogP contribution is 2.35. The maximum absolute atomic E-state index is 6.47. The Morgan fingerprint density at radius 2 is 1.86 bits per heavy atom. The summed E-state index contributed by atoms with van der Waals surface area (Å²) in [4.78, 5) is 7.11. The summed E-state index contributed by atoms with van der Waals surface area (Å²) in [6.07, 6.45) is 3.73. The van der Waals surface area contributed by atoms with Crippen LogP contribution in [0.1, 0.15) is 19.3 Å². The first-order valence-electron chi connectivity index (χ1n) is 9.25. The standard InChI is InChI=1S/C21H21Cl2N3OS/c1-27-20-8-6-15(12-17(20)23)24-21-25-18(13-28-21)14-5-7-16(22)19(11-14)26-9-3-2-4-10-26/h5-8,11-13H,2-4,9-10H2,1H3,(H,24,25). The van der Waals surface area contributed by atoms with Crippen molar-refractivity contribution in [3.8, 4) is 17.0 Å². The van der Waals surface area contributed by atoms with Crippen molar-refractivity contribution in [1.29, 1.82) is 0 Å².